The lowest BCUT2D eigenvalue weighted by Gasteiger charge is -2.18. The summed E-state index contributed by atoms with van der Waals surface area (Å²) in [5.74, 6) is -3.67. The number of methoxy groups -OCH3 is 1. The first kappa shape index (κ1) is 24.6. The number of carbonyl (C=O) groups excluding carboxylic acids is 2. The van der Waals surface area contributed by atoms with E-state index in [4.69, 9.17) is 0 Å². The monoisotopic (exact) mass is 482 g/mol. The quantitative estimate of drug-likeness (QED) is 0.442. The van der Waals surface area contributed by atoms with Gasteiger partial charge >= 0.3 is 25.2 Å². The van der Waals surface area contributed by atoms with Gasteiger partial charge in [0.25, 0.3) is 10.0 Å². The van der Waals surface area contributed by atoms with Crippen LogP contribution in [0.1, 0.15) is 10.4 Å². The van der Waals surface area contributed by atoms with E-state index in [1.807, 2.05) is 0 Å². The van der Waals surface area contributed by atoms with Crippen molar-refractivity contribution >= 4 is 28.0 Å². The molecular formula is C16H14F4N4O7S. The van der Waals surface area contributed by atoms with Crippen molar-refractivity contribution in [3.8, 4) is 11.8 Å². The third-order valence-electron chi connectivity index (χ3n) is 3.50. The second-order valence-corrected chi connectivity index (χ2v) is 7.21. The summed E-state index contributed by atoms with van der Waals surface area (Å²) in [7, 11) is -2.73. The zero-order valence-electron chi connectivity index (χ0n) is 16.2. The van der Waals surface area contributed by atoms with Crippen molar-refractivity contribution in [1.29, 1.82) is 0 Å². The van der Waals surface area contributed by atoms with Crippen LogP contribution in [0.5, 0.6) is 11.8 Å². The average Bonchev–Trinajstić information content (AvgIpc) is 2.71. The molecule has 2 aromatic rings. The lowest BCUT2D eigenvalue weighted by Crippen LogP contribution is -2.42. The normalized spacial score (nSPS) is 11.2. The zero-order chi connectivity index (χ0) is 24.1. The Balaban J connectivity index is 2.35. The molecule has 0 saturated heterocycles. The van der Waals surface area contributed by atoms with Gasteiger partial charge in [-0.25, -0.2) is 22.7 Å². The largest absolute Gasteiger partial charge is 0.465 e. The Morgan fingerprint density at radius 3 is 2.06 bits per heavy atom. The van der Waals surface area contributed by atoms with Crippen LogP contribution in [0, 0.1) is 0 Å². The van der Waals surface area contributed by atoms with Crippen molar-refractivity contribution in [1.82, 2.24) is 14.7 Å². The highest BCUT2D eigenvalue weighted by Gasteiger charge is 2.27. The molecule has 1 heterocycles. The molecule has 0 aliphatic heterocycles. The van der Waals surface area contributed by atoms with Crippen LogP contribution in [0.15, 0.2) is 35.2 Å². The fourth-order valence-electron chi connectivity index (χ4n) is 2.15. The number of sulfonamides is 1. The van der Waals surface area contributed by atoms with Crippen LogP contribution in [0.2, 0.25) is 0 Å². The number of carbonyl (C=O) groups is 2. The summed E-state index contributed by atoms with van der Waals surface area (Å²) in [4.78, 5) is 30.8. The van der Waals surface area contributed by atoms with E-state index in [-0.39, 0.29) is 5.56 Å². The molecular weight excluding hydrogens is 468 g/mol. The van der Waals surface area contributed by atoms with Gasteiger partial charge in [-0.1, -0.05) is 12.1 Å². The molecule has 32 heavy (non-hydrogen) atoms. The number of alkyl halides is 4. The number of amides is 2. The molecule has 0 fully saturated rings. The van der Waals surface area contributed by atoms with E-state index in [0.29, 0.717) is 11.0 Å². The highest BCUT2D eigenvalue weighted by Crippen LogP contribution is 2.23. The molecule has 0 atom stereocenters. The molecule has 0 bridgehead atoms. The highest BCUT2D eigenvalue weighted by molar-refractivity contribution is 7.90. The van der Waals surface area contributed by atoms with Crippen LogP contribution >= 0.6 is 0 Å². The van der Waals surface area contributed by atoms with Crippen LogP contribution in [0.25, 0.3) is 0 Å². The molecule has 1 aromatic heterocycles. The van der Waals surface area contributed by atoms with E-state index in [9.17, 15) is 35.6 Å². The summed E-state index contributed by atoms with van der Waals surface area (Å²) in [6.45, 7) is -6.79. The summed E-state index contributed by atoms with van der Waals surface area (Å²) in [6.07, 6.45) is 0. The molecule has 16 heteroatoms. The van der Waals surface area contributed by atoms with Crippen LogP contribution < -0.4 is 19.1 Å². The number of rotatable bonds is 8. The van der Waals surface area contributed by atoms with Gasteiger partial charge in [0.05, 0.1) is 18.7 Å². The van der Waals surface area contributed by atoms with Gasteiger partial charge in [-0.05, 0) is 12.1 Å². The molecule has 2 amide bonds. The van der Waals surface area contributed by atoms with E-state index >= 15 is 0 Å². The number of esters is 1. The third kappa shape index (κ3) is 6.16. The Bertz CT molecular complexity index is 1070. The smallest absolute Gasteiger partial charge is 0.388 e. The van der Waals surface area contributed by atoms with E-state index in [2.05, 4.69) is 24.2 Å². The maximum absolute atomic E-state index is 12.6. The predicted molar refractivity (Wildman–Crippen MR) is 97.2 cm³/mol. The Kier molecular flexibility index (Phi) is 7.74. The Morgan fingerprint density at radius 1 is 1.03 bits per heavy atom. The van der Waals surface area contributed by atoms with Gasteiger partial charge in [0.2, 0.25) is 17.7 Å². The number of urea groups is 1. The maximum Gasteiger partial charge on any atom is 0.388 e. The minimum absolute atomic E-state index is 0.380. The number of anilines is 1. The Hall–Kier alpha value is -3.69. The van der Waals surface area contributed by atoms with E-state index in [0.717, 1.165) is 26.3 Å². The van der Waals surface area contributed by atoms with Crippen LogP contribution in [0.4, 0.5) is 28.3 Å². The van der Waals surface area contributed by atoms with Crippen LogP contribution in [-0.2, 0) is 14.8 Å². The topological polar surface area (TPSA) is 137 Å². The first-order valence-corrected chi connectivity index (χ1v) is 9.69. The second kappa shape index (κ2) is 10.1. The Labute approximate surface area is 178 Å². The van der Waals surface area contributed by atoms with Crippen LogP contribution in [0.3, 0.4) is 0 Å². The number of nitrogens with one attached hydrogen (secondary N) is 1. The number of nitrogens with zero attached hydrogens (tertiary/aromatic N) is 3. The molecule has 0 unspecified atom stereocenters. The number of ether oxygens (including phenoxy) is 3. The minimum atomic E-state index is -4.66. The molecule has 0 aliphatic rings. The molecule has 2 rings (SSSR count). The SMILES string of the molecule is COC(=O)c1ccccc1S(=O)(=O)NC(=O)N(C)c1nc(OC(F)F)cc(OC(F)F)n1. The van der Waals surface area contributed by atoms with Gasteiger partial charge in [0.15, 0.2) is 0 Å². The van der Waals surface area contributed by atoms with Gasteiger partial charge in [0.1, 0.15) is 4.90 Å². The molecule has 0 spiro atoms. The van der Waals surface area contributed by atoms with Gasteiger partial charge < -0.3 is 14.2 Å². The molecule has 1 aromatic carbocycles. The predicted octanol–water partition coefficient (Wildman–Crippen LogP) is 2.00. The van der Waals surface area contributed by atoms with E-state index < -0.39 is 57.9 Å². The standard InChI is InChI=1S/C16H14F4N4O7S/c1-24(15-21-10(30-13(17)18)7-11(22-15)31-14(19)20)16(26)23-32(27,28)9-6-4-3-5-8(9)12(25)29-2/h3-7,13-14H,1-2H3,(H,23,26). The van der Waals surface area contributed by atoms with Crippen molar-refractivity contribution in [3.63, 3.8) is 0 Å². The summed E-state index contributed by atoms with van der Waals surface area (Å²) in [5, 5.41) is 0. The molecule has 11 nitrogen and oxygen atoms in total. The number of halogens is 4. The molecule has 174 valence electrons. The fraction of sp³-hybridized carbons (Fsp3) is 0.250. The average molecular weight is 482 g/mol. The second-order valence-electron chi connectivity index (χ2n) is 5.56. The van der Waals surface area contributed by atoms with Crippen molar-refractivity contribution in [3.05, 3.63) is 35.9 Å². The summed E-state index contributed by atoms with van der Waals surface area (Å²) >= 11 is 0. The highest BCUT2D eigenvalue weighted by atomic mass is 32.2. The van der Waals surface area contributed by atoms with Crippen molar-refractivity contribution in [2.24, 2.45) is 0 Å². The Morgan fingerprint density at radius 2 is 1.56 bits per heavy atom. The minimum Gasteiger partial charge on any atom is -0.465 e. The molecule has 0 radical (unpaired) electrons. The van der Waals surface area contributed by atoms with Gasteiger partial charge in [-0.2, -0.15) is 27.5 Å². The third-order valence-corrected chi connectivity index (χ3v) is 4.87. The summed E-state index contributed by atoms with van der Waals surface area (Å²) in [6, 6.07) is 3.86. The van der Waals surface area contributed by atoms with Crippen molar-refractivity contribution in [2.75, 3.05) is 19.1 Å². The molecule has 0 saturated carbocycles. The number of aromatic nitrogens is 2. The molecule has 1 N–H and O–H groups in total. The summed E-state index contributed by atoms with van der Waals surface area (Å²) in [5.41, 5.74) is -0.380. The van der Waals surface area contributed by atoms with Crippen molar-refractivity contribution < 1.29 is 49.8 Å². The summed E-state index contributed by atoms with van der Waals surface area (Å²) < 4.78 is 89.1. The first-order chi connectivity index (χ1) is 14.9. The lowest BCUT2D eigenvalue weighted by molar-refractivity contribution is -0.0580. The number of benzene rings is 1. The van der Waals surface area contributed by atoms with Crippen LogP contribution in [-0.4, -0.2) is 57.8 Å². The first-order valence-electron chi connectivity index (χ1n) is 8.21. The van der Waals surface area contributed by atoms with Crippen molar-refractivity contribution in [2.45, 2.75) is 18.1 Å². The van der Waals surface area contributed by atoms with Gasteiger partial charge in [-0.15, -0.1) is 0 Å². The maximum atomic E-state index is 12.6. The lowest BCUT2D eigenvalue weighted by atomic mass is 10.2. The molecule has 0 aliphatic carbocycles. The van der Waals surface area contributed by atoms with E-state index in [1.165, 1.54) is 12.1 Å². The number of hydrogen-bond donors (Lipinski definition) is 1. The fourth-order valence-corrected chi connectivity index (χ4v) is 3.33. The van der Waals surface area contributed by atoms with E-state index in [1.54, 1.807) is 4.72 Å². The van der Waals surface area contributed by atoms with Gasteiger partial charge in [-0.3, -0.25) is 4.90 Å². The number of hydrogen-bond acceptors (Lipinski definition) is 9. The zero-order valence-corrected chi connectivity index (χ0v) is 17.0. The van der Waals surface area contributed by atoms with Gasteiger partial charge in [0, 0.05) is 7.05 Å².